The highest BCUT2D eigenvalue weighted by Crippen LogP contribution is 2.18. The van der Waals surface area contributed by atoms with Crippen molar-refractivity contribution in [3.05, 3.63) is 24.0 Å². The van der Waals surface area contributed by atoms with Gasteiger partial charge in [0, 0.05) is 26.2 Å². The Kier molecular flexibility index (Phi) is 4.55. The zero-order valence-corrected chi connectivity index (χ0v) is 11.3. The summed E-state index contributed by atoms with van der Waals surface area (Å²) in [6.45, 7) is 3.78. The lowest BCUT2D eigenvalue weighted by atomic mass is 10.1. The molecule has 1 saturated heterocycles. The molecule has 0 saturated carbocycles. The van der Waals surface area contributed by atoms with Gasteiger partial charge in [-0.05, 0) is 38.3 Å². The molecule has 0 aliphatic carbocycles. The number of hydrogen-bond acceptors (Lipinski definition) is 4. The first kappa shape index (κ1) is 13.3. The van der Waals surface area contributed by atoms with E-state index in [9.17, 15) is 0 Å². The fourth-order valence-corrected chi connectivity index (χ4v) is 2.25. The molecule has 4 heteroatoms. The number of anilines is 1. The van der Waals surface area contributed by atoms with Gasteiger partial charge in [0.2, 0.25) is 0 Å². The van der Waals surface area contributed by atoms with Gasteiger partial charge in [-0.1, -0.05) is 0 Å². The minimum absolute atomic E-state index is 0.00830. The van der Waals surface area contributed by atoms with Crippen molar-refractivity contribution in [1.82, 2.24) is 4.98 Å². The van der Waals surface area contributed by atoms with Gasteiger partial charge in [-0.3, -0.25) is 4.98 Å². The molecule has 1 aliphatic rings. The molecule has 0 radical (unpaired) electrons. The monoisotopic (exact) mass is 249 g/mol. The van der Waals surface area contributed by atoms with Gasteiger partial charge in [0.1, 0.15) is 0 Å². The van der Waals surface area contributed by atoms with E-state index in [-0.39, 0.29) is 6.04 Å². The van der Waals surface area contributed by atoms with Crippen LogP contribution in [0.15, 0.2) is 18.3 Å². The van der Waals surface area contributed by atoms with Crippen molar-refractivity contribution in [2.24, 2.45) is 5.73 Å². The quantitative estimate of drug-likeness (QED) is 0.888. The molecule has 0 bridgehead atoms. The standard InChI is InChI=1S/C14H23N3O/c1-11(15)14-7-6-12(9-16-14)17(2)10-13-5-3-4-8-18-13/h6-7,9,11,13H,3-5,8,10,15H2,1-2H3/t11-,13?/m0/s1. The van der Waals surface area contributed by atoms with Crippen LogP contribution < -0.4 is 10.6 Å². The second-order valence-corrected chi connectivity index (χ2v) is 5.10. The Hall–Kier alpha value is -1.13. The fourth-order valence-electron chi connectivity index (χ4n) is 2.25. The van der Waals surface area contributed by atoms with Crippen molar-refractivity contribution >= 4 is 5.69 Å². The maximum Gasteiger partial charge on any atom is 0.0749 e. The smallest absolute Gasteiger partial charge is 0.0749 e. The third-order valence-corrected chi connectivity index (χ3v) is 3.43. The molecule has 1 unspecified atom stereocenters. The van der Waals surface area contributed by atoms with Crippen LogP contribution in [0, 0.1) is 0 Å². The molecule has 2 heterocycles. The SMILES string of the molecule is C[C@H](N)c1ccc(N(C)CC2CCCCO2)cn1. The summed E-state index contributed by atoms with van der Waals surface area (Å²) in [6, 6.07) is 4.07. The first-order chi connectivity index (χ1) is 8.66. The Morgan fingerprint density at radius 3 is 2.89 bits per heavy atom. The third-order valence-electron chi connectivity index (χ3n) is 3.43. The van der Waals surface area contributed by atoms with Crippen molar-refractivity contribution < 1.29 is 4.74 Å². The van der Waals surface area contributed by atoms with Crippen LogP contribution in [0.25, 0.3) is 0 Å². The third kappa shape index (κ3) is 3.43. The van der Waals surface area contributed by atoms with E-state index in [0.29, 0.717) is 6.10 Å². The molecule has 2 N–H and O–H groups in total. The van der Waals surface area contributed by atoms with Crippen LogP contribution in [0.2, 0.25) is 0 Å². The number of ether oxygens (including phenoxy) is 1. The minimum Gasteiger partial charge on any atom is -0.376 e. The number of aromatic nitrogens is 1. The molecule has 1 aliphatic heterocycles. The highest BCUT2D eigenvalue weighted by Gasteiger charge is 2.16. The molecule has 4 nitrogen and oxygen atoms in total. The predicted octanol–water partition coefficient (Wildman–Crippen LogP) is 2.11. The van der Waals surface area contributed by atoms with Crippen molar-refractivity contribution in [1.29, 1.82) is 0 Å². The van der Waals surface area contributed by atoms with Crippen LogP contribution in [-0.2, 0) is 4.74 Å². The van der Waals surface area contributed by atoms with Crippen LogP contribution in [0.5, 0.6) is 0 Å². The topological polar surface area (TPSA) is 51.4 Å². The summed E-state index contributed by atoms with van der Waals surface area (Å²) in [5.41, 5.74) is 7.84. The maximum atomic E-state index is 5.79. The van der Waals surface area contributed by atoms with Gasteiger partial charge in [0.25, 0.3) is 0 Å². The van der Waals surface area contributed by atoms with Gasteiger partial charge in [0.15, 0.2) is 0 Å². The molecule has 0 spiro atoms. The summed E-state index contributed by atoms with van der Waals surface area (Å²) in [4.78, 5) is 6.59. The molecule has 1 fully saturated rings. The second-order valence-electron chi connectivity index (χ2n) is 5.10. The minimum atomic E-state index is -0.00830. The maximum absolute atomic E-state index is 5.79. The van der Waals surface area contributed by atoms with Crippen LogP contribution >= 0.6 is 0 Å². The van der Waals surface area contributed by atoms with E-state index in [2.05, 4.69) is 23.0 Å². The van der Waals surface area contributed by atoms with E-state index in [1.54, 1.807) is 0 Å². The van der Waals surface area contributed by atoms with E-state index in [4.69, 9.17) is 10.5 Å². The number of pyridine rings is 1. The summed E-state index contributed by atoms with van der Waals surface area (Å²) in [5, 5.41) is 0. The number of likely N-dealkylation sites (N-methyl/N-ethyl adjacent to an activating group) is 1. The number of nitrogens with two attached hydrogens (primary N) is 1. The summed E-state index contributed by atoms with van der Waals surface area (Å²) in [7, 11) is 2.08. The summed E-state index contributed by atoms with van der Waals surface area (Å²) >= 11 is 0. The van der Waals surface area contributed by atoms with Gasteiger partial charge in [-0.2, -0.15) is 0 Å². The average Bonchev–Trinajstić information content (AvgIpc) is 2.40. The predicted molar refractivity (Wildman–Crippen MR) is 73.7 cm³/mol. The van der Waals surface area contributed by atoms with Gasteiger partial charge in [0.05, 0.1) is 23.7 Å². The van der Waals surface area contributed by atoms with E-state index >= 15 is 0 Å². The lowest BCUT2D eigenvalue weighted by Gasteiger charge is -2.28. The summed E-state index contributed by atoms with van der Waals surface area (Å²) < 4.78 is 5.75. The summed E-state index contributed by atoms with van der Waals surface area (Å²) in [5.74, 6) is 0. The number of nitrogens with zero attached hydrogens (tertiary/aromatic N) is 2. The molecule has 18 heavy (non-hydrogen) atoms. The van der Waals surface area contributed by atoms with Crippen LogP contribution in [0.3, 0.4) is 0 Å². The highest BCUT2D eigenvalue weighted by molar-refractivity contribution is 5.44. The average molecular weight is 249 g/mol. The second kappa shape index (κ2) is 6.16. The van der Waals surface area contributed by atoms with Crippen molar-refractivity contribution in [3.8, 4) is 0 Å². The lowest BCUT2D eigenvalue weighted by Crippen LogP contribution is -2.33. The molecule has 2 rings (SSSR count). The fraction of sp³-hybridized carbons (Fsp3) is 0.643. The first-order valence-electron chi connectivity index (χ1n) is 6.71. The van der Waals surface area contributed by atoms with E-state index < -0.39 is 0 Å². The van der Waals surface area contributed by atoms with E-state index in [0.717, 1.165) is 31.0 Å². The largest absolute Gasteiger partial charge is 0.376 e. The Bertz CT molecular complexity index is 358. The molecule has 0 amide bonds. The Morgan fingerprint density at radius 1 is 1.50 bits per heavy atom. The zero-order valence-electron chi connectivity index (χ0n) is 11.3. The molecule has 1 aromatic rings. The molecule has 0 aromatic carbocycles. The Morgan fingerprint density at radius 2 is 2.33 bits per heavy atom. The van der Waals surface area contributed by atoms with Crippen molar-refractivity contribution in [2.75, 3.05) is 25.1 Å². The van der Waals surface area contributed by atoms with Crippen LogP contribution in [0.4, 0.5) is 5.69 Å². The first-order valence-corrected chi connectivity index (χ1v) is 6.71. The van der Waals surface area contributed by atoms with Crippen molar-refractivity contribution in [3.63, 3.8) is 0 Å². The van der Waals surface area contributed by atoms with Gasteiger partial charge >= 0.3 is 0 Å². The van der Waals surface area contributed by atoms with Gasteiger partial charge < -0.3 is 15.4 Å². The van der Waals surface area contributed by atoms with Gasteiger partial charge in [-0.15, -0.1) is 0 Å². The normalized spacial score (nSPS) is 21.6. The van der Waals surface area contributed by atoms with E-state index in [1.807, 2.05) is 19.2 Å². The summed E-state index contributed by atoms with van der Waals surface area (Å²) in [6.07, 6.45) is 5.89. The number of hydrogen-bond donors (Lipinski definition) is 1. The lowest BCUT2D eigenvalue weighted by molar-refractivity contribution is 0.0216. The molecular weight excluding hydrogens is 226 g/mol. The van der Waals surface area contributed by atoms with E-state index in [1.165, 1.54) is 12.8 Å². The Labute approximate surface area is 109 Å². The Balaban J connectivity index is 1.93. The van der Waals surface area contributed by atoms with Gasteiger partial charge in [-0.25, -0.2) is 0 Å². The molecule has 100 valence electrons. The highest BCUT2D eigenvalue weighted by atomic mass is 16.5. The van der Waals surface area contributed by atoms with Crippen molar-refractivity contribution in [2.45, 2.75) is 38.3 Å². The number of rotatable bonds is 4. The zero-order chi connectivity index (χ0) is 13.0. The van der Waals surface area contributed by atoms with Crippen LogP contribution in [-0.4, -0.2) is 31.3 Å². The molecule has 1 aromatic heterocycles. The molecule has 2 atom stereocenters. The molecular formula is C14H23N3O. The van der Waals surface area contributed by atoms with Crippen LogP contribution in [0.1, 0.15) is 37.9 Å².